The topological polar surface area (TPSA) is 73.1 Å². The van der Waals surface area contributed by atoms with Gasteiger partial charge in [0.1, 0.15) is 5.75 Å². The molecule has 6 nitrogen and oxygen atoms in total. The molecule has 0 aliphatic carbocycles. The normalized spacial score (nSPS) is 12.2. The van der Waals surface area contributed by atoms with Crippen molar-refractivity contribution in [2.24, 2.45) is 0 Å². The van der Waals surface area contributed by atoms with Crippen LogP contribution < -0.4 is 10.4 Å². The first-order chi connectivity index (χ1) is 11.8. The molecule has 0 saturated heterocycles. The van der Waals surface area contributed by atoms with Gasteiger partial charge in [0.2, 0.25) is 0 Å². The lowest BCUT2D eigenvalue weighted by atomic mass is 10.2. The fourth-order valence-electron chi connectivity index (χ4n) is 2.56. The number of halogens is 4. The molecule has 0 spiro atoms. The third-order valence-corrected chi connectivity index (χ3v) is 3.75. The molecule has 0 aliphatic heterocycles. The van der Waals surface area contributed by atoms with Gasteiger partial charge < -0.3 is 14.2 Å². The van der Waals surface area contributed by atoms with E-state index in [0.29, 0.717) is 21.5 Å². The Labute approximate surface area is 141 Å². The van der Waals surface area contributed by atoms with E-state index in [1.54, 1.807) is 18.2 Å². The van der Waals surface area contributed by atoms with Crippen LogP contribution in [0.3, 0.4) is 0 Å². The highest BCUT2D eigenvalue weighted by atomic mass is 35.5. The molecule has 1 N–H and O–H groups in total. The van der Waals surface area contributed by atoms with E-state index in [4.69, 9.17) is 16.1 Å². The van der Waals surface area contributed by atoms with Gasteiger partial charge in [0.05, 0.1) is 16.4 Å². The van der Waals surface area contributed by atoms with Crippen molar-refractivity contribution in [2.45, 2.75) is 6.36 Å². The molecular weight excluding hydrogens is 363 g/mol. The van der Waals surface area contributed by atoms with Crippen molar-refractivity contribution < 1.29 is 22.4 Å². The minimum Gasteiger partial charge on any atom is -0.406 e. The number of imidazole rings is 1. The monoisotopic (exact) mass is 369 g/mol. The Morgan fingerprint density at radius 3 is 2.76 bits per heavy atom. The van der Waals surface area contributed by atoms with E-state index < -0.39 is 17.8 Å². The Bertz CT molecular complexity index is 1160. The van der Waals surface area contributed by atoms with Crippen LogP contribution in [0.2, 0.25) is 5.02 Å². The third kappa shape index (κ3) is 2.72. The van der Waals surface area contributed by atoms with E-state index in [2.05, 4.69) is 14.9 Å². The molecule has 0 bridgehead atoms. The van der Waals surface area contributed by atoms with Crippen molar-refractivity contribution in [3.63, 3.8) is 0 Å². The number of nitrogens with one attached hydrogen (secondary N) is 1. The van der Waals surface area contributed by atoms with Crippen molar-refractivity contribution in [2.75, 3.05) is 0 Å². The van der Waals surface area contributed by atoms with E-state index in [9.17, 15) is 18.0 Å². The van der Waals surface area contributed by atoms with Gasteiger partial charge in [0, 0.05) is 17.2 Å². The summed E-state index contributed by atoms with van der Waals surface area (Å²) in [6.45, 7) is 0. The molecule has 0 saturated carbocycles. The summed E-state index contributed by atoms with van der Waals surface area (Å²) < 4.78 is 47.2. The number of aromatic nitrogens is 3. The minimum atomic E-state index is -4.82. The summed E-state index contributed by atoms with van der Waals surface area (Å²) in [5.74, 6) is -0.238. The zero-order valence-corrected chi connectivity index (χ0v) is 12.9. The molecule has 0 fully saturated rings. The average molecular weight is 370 g/mol. The number of ether oxygens (including phenoxy) is 1. The summed E-state index contributed by atoms with van der Waals surface area (Å²) in [7, 11) is 0. The van der Waals surface area contributed by atoms with Crippen LogP contribution in [-0.4, -0.2) is 21.1 Å². The number of H-pyrrole nitrogens is 1. The van der Waals surface area contributed by atoms with E-state index in [1.807, 2.05) is 0 Å². The zero-order valence-electron chi connectivity index (χ0n) is 12.1. The van der Waals surface area contributed by atoms with E-state index in [-0.39, 0.29) is 11.3 Å². The maximum absolute atomic E-state index is 12.3. The Hall–Kier alpha value is -2.94. The van der Waals surface area contributed by atoms with Gasteiger partial charge in [-0.05, 0) is 24.3 Å². The lowest BCUT2D eigenvalue weighted by Gasteiger charge is -2.08. The number of aromatic amines is 1. The number of benzene rings is 2. The fourth-order valence-corrected chi connectivity index (χ4v) is 2.72. The molecule has 4 aromatic rings. The second-order valence-electron chi connectivity index (χ2n) is 5.14. The van der Waals surface area contributed by atoms with Gasteiger partial charge in [0.15, 0.2) is 11.4 Å². The summed E-state index contributed by atoms with van der Waals surface area (Å²) >= 11 is 5.88. The summed E-state index contributed by atoms with van der Waals surface area (Å²) in [5.41, 5.74) is 0.284. The molecule has 0 aliphatic rings. The highest BCUT2D eigenvalue weighted by Crippen LogP contribution is 2.29. The van der Waals surface area contributed by atoms with Crippen LogP contribution in [0.5, 0.6) is 5.75 Å². The average Bonchev–Trinajstić information content (AvgIpc) is 3.04. The first-order valence-electron chi connectivity index (χ1n) is 6.88. The third-order valence-electron chi connectivity index (χ3n) is 3.51. The quantitative estimate of drug-likeness (QED) is 0.579. The molecule has 128 valence electrons. The largest absolute Gasteiger partial charge is 0.573 e. The molecule has 2 heterocycles. The van der Waals surface area contributed by atoms with Gasteiger partial charge in [-0.25, -0.2) is 9.36 Å². The van der Waals surface area contributed by atoms with Crippen molar-refractivity contribution in [1.82, 2.24) is 14.7 Å². The number of alkyl halides is 3. The molecule has 0 atom stereocenters. The van der Waals surface area contributed by atoms with Crippen molar-refractivity contribution >= 4 is 33.6 Å². The van der Waals surface area contributed by atoms with Crippen LogP contribution >= 0.6 is 11.6 Å². The molecule has 4 rings (SSSR count). The lowest BCUT2D eigenvalue weighted by Crippen LogP contribution is -2.17. The Morgan fingerprint density at radius 1 is 1.20 bits per heavy atom. The van der Waals surface area contributed by atoms with Crippen molar-refractivity contribution in [3.05, 3.63) is 51.9 Å². The molecule has 10 heteroatoms. The van der Waals surface area contributed by atoms with Crippen molar-refractivity contribution in [1.29, 1.82) is 0 Å². The maximum atomic E-state index is 12.3. The Morgan fingerprint density at radius 2 is 2.00 bits per heavy atom. The SMILES string of the molecule is O=c1[nH]c2cc(OC(F)(F)F)ccc2n1-c1noc2cc(Cl)ccc12. The van der Waals surface area contributed by atoms with Gasteiger partial charge in [-0.1, -0.05) is 16.8 Å². The summed E-state index contributed by atoms with van der Waals surface area (Å²) in [5, 5.41) is 4.84. The predicted molar refractivity (Wildman–Crippen MR) is 83.2 cm³/mol. The number of hydrogen-bond acceptors (Lipinski definition) is 4. The van der Waals surface area contributed by atoms with Crippen LogP contribution in [-0.2, 0) is 0 Å². The molecule has 0 amide bonds. The summed E-state index contributed by atoms with van der Waals surface area (Å²) in [4.78, 5) is 14.8. The van der Waals surface area contributed by atoms with Crippen LogP contribution in [0, 0.1) is 0 Å². The number of hydrogen-bond donors (Lipinski definition) is 1. The molecular formula is C15H7ClF3N3O3. The number of fused-ring (bicyclic) bond motifs is 2. The first-order valence-corrected chi connectivity index (χ1v) is 7.25. The van der Waals surface area contributed by atoms with Gasteiger partial charge in [-0.2, -0.15) is 0 Å². The number of rotatable bonds is 2. The second-order valence-corrected chi connectivity index (χ2v) is 5.58. The Kier molecular flexibility index (Phi) is 3.29. The first kappa shape index (κ1) is 15.6. The van der Waals surface area contributed by atoms with Crippen LogP contribution in [0.1, 0.15) is 0 Å². The molecule has 0 unspecified atom stereocenters. The standard InChI is InChI=1S/C15H7ClF3N3O3/c16-7-1-3-9-12(5-7)25-21-13(9)22-11-4-2-8(24-15(17,18)19)6-10(11)20-14(22)23/h1-6H,(H,20,23). The van der Waals surface area contributed by atoms with Gasteiger partial charge >= 0.3 is 12.1 Å². The number of nitrogens with zero attached hydrogens (tertiary/aromatic N) is 2. The highest BCUT2D eigenvalue weighted by Gasteiger charge is 2.31. The molecule has 2 aromatic carbocycles. The van der Waals surface area contributed by atoms with Crippen LogP contribution in [0.25, 0.3) is 27.8 Å². The smallest absolute Gasteiger partial charge is 0.406 e. The van der Waals surface area contributed by atoms with Gasteiger partial charge in [0.25, 0.3) is 0 Å². The fraction of sp³-hybridized carbons (Fsp3) is 0.0667. The van der Waals surface area contributed by atoms with Crippen molar-refractivity contribution in [3.8, 4) is 11.6 Å². The minimum absolute atomic E-state index is 0.164. The molecule has 2 aromatic heterocycles. The van der Waals surface area contributed by atoms with Crippen LogP contribution in [0.15, 0.2) is 45.7 Å². The zero-order chi connectivity index (χ0) is 17.8. The highest BCUT2D eigenvalue weighted by molar-refractivity contribution is 6.31. The lowest BCUT2D eigenvalue weighted by molar-refractivity contribution is -0.274. The Balaban J connectivity index is 1.90. The predicted octanol–water partition coefficient (Wildman–Crippen LogP) is 4.01. The summed E-state index contributed by atoms with van der Waals surface area (Å²) in [6.07, 6.45) is -4.82. The van der Waals surface area contributed by atoms with Gasteiger partial charge in [-0.3, -0.25) is 0 Å². The summed E-state index contributed by atoms with van der Waals surface area (Å²) in [6, 6.07) is 8.31. The van der Waals surface area contributed by atoms with Crippen LogP contribution in [0.4, 0.5) is 13.2 Å². The van der Waals surface area contributed by atoms with Gasteiger partial charge in [-0.15, -0.1) is 13.2 Å². The molecule has 25 heavy (non-hydrogen) atoms. The van der Waals surface area contributed by atoms with E-state index in [0.717, 1.165) is 12.1 Å². The molecule has 0 radical (unpaired) electrons. The van der Waals surface area contributed by atoms with E-state index in [1.165, 1.54) is 10.6 Å². The second kappa shape index (κ2) is 5.28. The maximum Gasteiger partial charge on any atom is 0.573 e. The van der Waals surface area contributed by atoms with E-state index >= 15 is 0 Å².